The quantitative estimate of drug-likeness (QED) is 0.786. The summed E-state index contributed by atoms with van der Waals surface area (Å²) in [7, 11) is 1.58. The number of nitrogens with one attached hydrogen (secondary N) is 3. The molecule has 1 aliphatic heterocycles. The van der Waals surface area contributed by atoms with Gasteiger partial charge in [-0.25, -0.2) is 4.79 Å². The average molecular weight is 357 g/mol. The first-order chi connectivity index (χ1) is 12.0. The monoisotopic (exact) mass is 357 g/mol. The SMILES string of the molecule is C=C1NC(=O)N[C@H](c2ccc(C)s2)[C@@H]1C(=O)Nc1ccc(OC)cc1. The first-order valence-corrected chi connectivity index (χ1v) is 8.57. The van der Waals surface area contributed by atoms with Gasteiger partial charge >= 0.3 is 6.03 Å². The van der Waals surface area contributed by atoms with E-state index >= 15 is 0 Å². The van der Waals surface area contributed by atoms with Crippen molar-refractivity contribution in [1.29, 1.82) is 0 Å². The number of benzene rings is 1. The Labute approximate surface area is 149 Å². The molecule has 1 aromatic carbocycles. The smallest absolute Gasteiger partial charge is 0.319 e. The molecule has 1 fully saturated rings. The number of ether oxygens (including phenoxy) is 1. The Balaban J connectivity index is 1.83. The van der Waals surface area contributed by atoms with Gasteiger partial charge in [0.1, 0.15) is 11.7 Å². The van der Waals surface area contributed by atoms with E-state index in [1.54, 1.807) is 42.7 Å². The van der Waals surface area contributed by atoms with Gasteiger partial charge in [-0.05, 0) is 43.3 Å². The van der Waals surface area contributed by atoms with E-state index in [-0.39, 0.29) is 11.9 Å². The number of methoxy groups -OCH3 is 1. The van der Waals surface area contributed by atoms with E-state index in [9.17, 15) is 9.59 Å². The maximum absolute atomic E-state index is 12.8. The molecule has 0 spiro atoms. The van der Waals surface area contributed by atoms with Crippen molar-refractivity contribution in [3.63, 3.8) is 0 Å². The maximum atomic E-state index is 12.8. The number of carbonyl (C=O) groups excluding carboxylic acids is 2. The Morgan fingerprint density at radius 2 is 1.96 bits per heavy atom. The lowest BCUT2D eigenvalue weighted by Crippen LogP contribution is -2.51. The second-order valence-electron chi connectivity index (χ2n) is 5.75. The first kappa shape index (κ1) is 17.0. The van der Waals surface area contributed by atoms with Gasteiger partial charge in [0.05, 0.1) is 13.2 Å². The molecule has 1 saturated heterocycles. The van der Waals surface area contributed by atoms with Gasteiger partial charge in [0.25, 0.3) is 0 Å². The van der Waals surface area contributed by atoms with Crippen molar-refractivity contribution in [2.24, 2.45) is 5.92 Å². The van der Waals surface area contributed by atoms with Gasteiger partial charge < -0.3 is 20.7 Å². The molecule has 6 nitrogen and oxygen atoms in total. The molecule has 0 aliphatic carbocycles. The first-order valence-electron chi connectivity index (χ1n) is 7.75. The van der Waals surface area contributed by atoms with E-state index < -0.39 is 12.0 Å². The fourth-order valence-electron chi connectivity index (χ4n) is 2.75. The molecular weight excluding hydrogens is 338 g/mol. The van der Waals surface area contributed by atoms with Crippen LogP contribution in [-0.2, 0) is 4.79 Å². The maximum Gasteiger partial charge on any atom is 0.319 e. The summed E-state index contributed by atoms with van der Waals surface area (Å²) in [5.74, 6) is -0.141. The van der Waals surface area contributed by atoms with Crippen LogP contribution in [-0.4, -0.2) is 19.0 Å². The number of urea groups is 1. The predicted molar refractivity (Wildman–Crippen MR) is 97.7 cm³/mol. The van der Waals surface area contributed by atoms with Crippen molar-refractivity contribution in [2.75, 3.05) is 12.4 Å². The lowest BCUT2D eigenvalue weighted by Gasteiger charge is -2.33. The second kappa shape index (κ2) is 6.98. The fourth-order valence-corrected chi connectivity index (χ4v) is 3.71. The Morgan fingerprint density at radius 3 is 2.56 bits per heavy atom. The number of thiophene rings is 1. The Kier molecular flexibility index (Phi) is 4.76. The molecule has 130 valence electrons. The van der Waals surface area contributed by atoms with Crippen molar-refractivity contribution in [1.82, 2.24) is 10.6 Å². The molecule has 0 unspecified atom stereocenters. The third-order valence-electron chi connectivity index (χ3n) is 3.98. The Morgan fingerprint density at radius 1 is 1.24 bits per heavy atom. The zero-order valence-corrected chi connectivity index (χ0v) is 14.8. The van der Waals surface area contributed by atoms with Gasteiger partial charge in [0.2, 0.25) is 5.91 Å². The van der Waals surface area contributed by atoms with Crippen LogP contribution in [0.2, 0.25) is 0 Å². The zero-order valence-electron chi connectivity index (χ0n) is 14.0. The molecule has 7 heteroatoms. The van der Waals surface area contributed by atoms with Gasteiger partial charge in [0.15, 0.2) is 0 Å². The van der Waals surface area contributed by atoms with Crippen LogP contribution < -0.4 is 20.7 Å². The molecule has 1 aliphatic rings. The zero-order chi connectivity index (χ0) is 18.0. The van der Waals surface area contributed by atoms with E-state index in [1.165, 1.54) is 0 Å². The molecule has 3 N–H and O–H groups in total. The minimum absolute atomic E-state index is 0.237. The van der Waals surface area contributed by atoms with Gasteiger partial charge in [-0.3, -0.25) is 4.79 Å². The average Bonchev–Trinajstić information content (AvgIpc) is 3.01. The van der Waals surface area contributed by atoms with Crippen LogP contribution in [0.1, 0.15) is 15.8 Å². The van der Waals surface area contributed by atoms with E-state index in [2.05, 4.69) is 22.5 Å². The van der Waals surface area contributed by atoms with Crippen molar-refractivity contribution >= 4 is 29.0 Å². The van der Waals surface area contributed by atoms with E-state index in [0.717, 1.165) is 9.75 Å². The van der Waals surface area contributed by atoms with Gasteiger partial charge in [-0.2, -0.15) is 0 Å². The Bertz CT molecular complexity index is 813. The van der Waals surface area contributed by atoms with Crippen LogP contribution in [0.3, 0.4) is 0 Å². The minimum atomic E-state index is -0.613. The van der Waals surface area contributed by atoms with Crippen molar-refractivity contribution in [3.8, 4) is 5.75 Å². The standard InChI is InChI=1S/C18H19N3O3S/c1-10-4-9-14(25-10)16-15(11(2)19-18(23)21-16)17(22)20-12-5-7-13(24-3)8-6-12/h4-9,15-16H,2H2,1,3H3,(H,20,22)(H2,19,21,23)/t15-,16-/m1/s1. The lowest BCUT2D eigenvalue weighted by atomic mass is 9.92. The Hall–Kier alpha value is -2.80. The van der Waals surface area contributed by atoms with Gasteiger partial charge in [-0.1, -0.05) is 6.58 Å². The minimum Gasteiger partial charge on any atom is -0.497 e. The highest BCUT2D eigenvalue weighted by Crippen LogP contribution is 2.34. The molecule has 0 bridgehead atoms. The third kappa shape index (κ3) is 3.66. The molecule has 3 rings (SSSR count). The number of rotatable bonds is 4. The molecule has 1 aromatic heterocycles. The van der Waals surface area contributed by atoms with Crippen LogP contribution >= 0.6 is 11.3 Å². The molecule has 25 heavy (non-hydrogen) atoms. The van der Waals surface area contributed by atoms with Crippen molar-refractivity contribution in [3.05, 3.63) is 58.4 Å². The second-order valence-corrected chi connectivity index (χ2v) is 7.06. The molecular formula is C18H19N3O3S. The molecule has 2 atom stereocenters. The number of hydrogen-bond acceptors (Lipinski definition) is 4. The van der Waals surface area contributed by atoms with Crippen LogP contribution in [0, 0.1) is 12.8 Å². The summed E-state index contributed by atoms with van der Waals surface area (Å²) in [5, 5.41) is 8.30. The summed E-state index contributed by atoms with van der Waals surface area (Å²) in [4.78, 5) is 26.7. The molecule has 2 heterocycles. The summed E-state index contributed by atoms with van der Waals surface area (Å²) >= 11 is 1.55. The highest BCUT2D eigenvalue weighted by Gasteiger charge is 2.38. The van der Waals surface area contributed by atoms with E-state index in [0.29, 0.717) is 17.1 Å². The predicted octanol–water partition coefficient (Wildman–Crippen LogP) is 3.19. The summed E-state index contributed by atoms with van der Waals surface area (Å²) in [6, 6.07) is 10.2. The summed E-state index contributed by atoms with van der Waals surface area (Å²) < 4.78 is 5.11. The lowest BCUT2D eigenvalue weighted by molar-refractivity contribution is -0.119. The highest BCUT2D eigenvalue weighted by atomic mass is 32.1. The van der Waals surface area contributed by atoms with Crippen LogP contribution in [0.5, 0.6) is 5.75 Å². The van der Waals surface area contributed by atoms with E-state index in [1.807, 2.05) is 19.1 Å². The summed E-state index contributed by atoms with van der Waals surface area (Å²) in [6.45, 7) is 5.85. The molecule has 0 radical (unpaired) electrons. The molecule has 0 saturated carbocycles. The molecule has 3 amide bonds. The number of amides is 3. The number of anilines is 1. The van der Waals surface area contributed by atoms with Gasteiger partial charge in [-0.15, -0.1) is 11.3 Å². The van der Waals surface area contributed by atoms with Crippen molar-refractivity contribution < 1.29 is 14.3 Å². The molecule has 2 aromatic rings. The summed E-state index contributed by atoms with van der Waals surface area (Å²) in [5.41, 5.74) is 1.03. The highest BCUT2D eigenvalue weighted by molar-refractivity contribution is 7.12. The summed E-state index contributed by atoms with van der Waals surface area (Å²) in [6.07, 6.45) is 0. The van der Waals surface area contributed by atoms with Crippen LogP contribution in [0.4, 0.5) is 10.5 Å². The topological polar surface area (TPSA) is 79.5 Å². The van der Waals surface area contributed by atoms with E-state index in [4.69, 9.17) is 4.74 Å². The number of carbonyl (C=O) groups is 2. The fraction of sp³-hybridized carbons (Fsp3) is 0.222. The van der Waals surface area contributed by atoms with Crippen molar-refractivity contribution in [2.45, 2.75) is 13.0 Å². The number of aryl methyl sites for hydroxylation is 1. The largest absolute Gasteiger partial charge is 0.497 e. The van der Waals surface area contributed by atoms with Crippen LogP contribution in [0.25, 0.3) is 0 Å². The van der Waals surface area contributed by atoms with Gasteiger partial charge in [0, 0.05) is 21.1 Å². The normalized spacial score (nSPS) is 19.8. The third-order valence-corrected chi connectivity index (χ3v) is 5.06. The van der Waals surface area contributed by atoms with Crippen LogP contribution in [0.15, 0.2) is 48.7 Å². The number of hydrogen-bond donors (Lipinski definition) is 3.